The highest BCUT2D eigenvalue weighted by Gasteiger charge is 2.35. The molecule has 0 unspecified atom stereocenters. The van der Waals surface area contributed by atoms with E-state index in [0.29, 0.717) is 6.54 Å². The van der Waals surface area contributed by atoms with E-state index in [0.717, 1.165) is 18.4 Å². The second kappa shape index (κ2) is 5.55. The summed E-state index contributed by atoms with van der Waals surface area (Å²) in [5.41, 5.74) is 0.431. The SMILES string of the molecule is CC(C)=CC(=O)[C@@H]1CCCN1C(=O)OC(C)(C)C. The van der Waals surface area contributed by atoms with Gasteiger partial charge < -0.3 is 4.74 Å². The number of ketones is 1. The molecule has 1 aliphatic rings. The molecule has 1 fully saturated rings. The van der Waals surface area contributed by atoms with Crippen LogP contribution in [0.25, 0.3) is 0 Å². The number of nitrogens with zero attached hydrogens (tertiary/aromatic N) is 1. The van der Waals surface area contributed by atoms with E-state index in [1.165, 1.54) is 0 Å². The number of hydrogen-bond donors (Lipinski definition) is 0. The van der Waals surface area contributed by atoms with Crippen LogP contribution in [-0.4, -0.2) is 35.0 Å². The average molecular weight is 253 g/mol. The Balaban J connectivity index is 2.74. The Morgan fingerprint density at radius 3 is 2.39 bits per heavy atom. The number of carbonyl (C=O) groups excluding carboxylic acids is 2. The first-order valence-corrected chi connectivity index (χ1v) is 6.39. The van der Waals surface area contributed by atoms with E-state index in [2.05, 4.69) is 0 Å². The minimum atomic E-state index is -0.524. The number of likely N-dealkylation sites (tertiary alicyclic amines) is 1. The van der Waals surface area contributed by atoms with E-state index < -0.39 is 5.60 Å². The summed E-state index contributed by atoms with van der Waals surface area (Å²) in [5, 5.41) is 0. The van der Waals surface area contributed by atoms with Crippen LogP contribution in [0.4, 0.5) is 4.79 Å². The minimum Gasteiger partial charge on any atom is -0.444 e. The number of rotatable bonds is 2. The zero-order valence-electron chi connectivity index (χ0n) is 11.9. The molecule has 0 radical (unpaired) electrons. The lowest BCUT2D eigenvalue weighted by Gasteiger charge is -2.27. The molecule has 0 aromatic carbocycles. The van der Waals surface area contributed by atoms with Gasteiger partial charge in [0.05, 0.1) is 6.04 Å². The molecular formula is C14H23NO3. The number of ether oxygens (including phenoxy) is 1. The molecule has 1 heterocycles. The predicted octanol–water partition coefficient (Wildman–Crippen LogP) is 2.92. The van der Waals surface area contributed by atoms with Crippen molar-refractivity contribution in [2.24, 2.45) is 0 Å². The van der Waals surface area contributed by atoms with Crippen LogP contribution < -0.4 is 0 Å². The molecule has 0 N–H and O–H groups in total. The topological polar surface area (TPSA) is 46.6 Å². The fourth-order valence-corrected chi connectivity index (χ4v) is 1.98. The van der Waals surface area contributed by atoms with Gasteiger partial charge in [0.25, 0.3) is 0 Å². The Labute approximate surface area is 109 Å². The number of amides is 1. The summed E-state index contributed by atoms with van der Waals surface area (Å²) < 4.78 is 5.32. The smallest absolute Gasteiger partial charge is 0.410 e. The van der Waals surface area contributed by atoms with E-state index in [4.69, 9.17) is 4.74 Å². The van der Waals surface area contributed by atoms with Gasteiger partial charge in [-0.05, 0) is 53.5 Å². The largest absolute Gasteiger partial charge is 0.444 e. The molecule has 1 atom stereocenters. The fraction of sp³-hybridized carbons (Fsp3) is 0.714. The summed E-state index contributed by atoms with van der Waals surface area (Å²) >= 11 is 0. The van der Waals surface area contributed by atoms with Crippen LogP contribution in [0.5, 0.6) is 0 Å². The highest BCUT2D eigenvalue weighted by molar-refractivity contribution is 5.96. The molecule has 0 bridgehead atoms. The molecule has 4 nitrogen and oxygen atoms in total. The van der Waals surface area contributed by atoms with Crippen molar-refractivity contribution in [1.29, 1.82) is 0 Å². The normalized spacial score (nSPS) is 19.6. The molecule has 0 aromatic rings. The van der Waals surface area contributed by atoms with Crippen LogP contribution >= 0.6 is 0 Å². The molecule has 1 amide bonds. The van der Waals surface area contributed by atoms with Crippen molar-refractivity contribution in [2.75, 3.05) is 6.54 Å². The summed E-state index contributed by atoms with van der Waals surface area (Å²) in [7, 11) is 0. The molecule has 1 rings (SSSR count). The molecule has 0 aliphatic carbocycles. The lowest BCUT2D eigenvalue weighted by Crippen LogP contribution is -2.43. The minimum absolute atomic E-state index is 0.00152. The van der Waals surface area contributed by atoms with Gasteiger partial charge in [0.1, 0.15) is 5.60 Å². The molecule has 1 aliphatic heterocycles. The molecule has 18 heavy (non-hydrogen) atoms. The summed E-state index contributed by atoms with van der Waals surface area (Å²) in [4.78, 5) is 25.6. The van der Waals surface area contributed by atoms with Gasteiger partial charge in [0.15, 0.2) is 5.78 Å². The summed E-state index contributed by atoms with van der Waals surface area (Å²) in [6.45, 7) is 9.84. The van der Waals surface area contributed by atoms with Crippen molar-refractivity contribution in [1.82, 2.24) is 4.90 Å². The zero-order valence-corrected chi connectivity index (χ0v) is 11.9. The van der Waals surface area contributed by atoms with Gasteiger partial charge in [0.2, 0.25) is 0 Å². The third-order valence-corrected chi connectivity index (χ3v) is 2.64. The molecule has 102 valence electrons. The first-order valence-electron chi connectivity index (χ1n) is 6.39. The van der Waals surface area contributed by atoms with Crippen molar-refractivity contribution >= 4 is 11.9 Å². The van der Waals surface area contributed by atoms with Crippen molar-refractivity contribution in [3.8, 4) is 0 Å². The average Bonchev–Trinajstić information content (AvgIpc) is 2.61. The standard InChI is InChI=1S/C14H23NO3/c1-10(2)9-12(16)11-7-6-8-15(11)13(17)18-14(3,4)5/h9,11H,6-8H2,1-5H3/t11-/m0/s1. The molecule has 4 heteroatoms. The summed E-state index contributed by atoms with van der Waals surface area (Å²) in [6.07, 6.45) is 2.79. The van der Waals surface area contributed by atoms with Crippen LogP contribution in [0.3, 0.4) is 0 Å². The van der Waals surface area contributed by atoms with Crippen molar-refractivity contribution < 1.29 is 14.3 Å². The lowest BCUT2D eigenvalue weighted by molar-refractivity contribution is -0.118. The Hall–Kier alpha value is -1.32. The monoisotopic (exact) mass is 253 g/mol. The Morgan fingerprint density at radius 2 is 1.89 bits per heavy atom. The molecule has 0 spiro atoms. The van der Waals surface area contributed by atoms with Crippen LogP contribution in [0, 0.1) is 0 Å². The Kier molecular flexibility index (Phi) is 4.54. The maximum atomic E-state index is 12.0. The lowest BCUT2D eigenvalue weighted by atomic mass is 10.1. The van der Waals surface area contributed by atoms with E-state index in [9.17, 15) is 9.59 Å². The molecule has 0 saturated carbocycles. The number of hydrogen-bond acceptors (Lipinski definition) is 3. The van der Waals surface area contributed by atoms with Gasteiger partial charge in [-0.1, -0.05) is 5.57 Å². The van der Waals surface area contributed by atoms with Crippen molar-refractivity contribution in [3.05, 3.63) is 11.6 Å². The fourth-order valence-electron chi connectivity index (χ4n) is 1.98. The van der Waals surface area contributed by atoms with Gasteiger partial charge in [-0.15, -0.1) is 0 Å². The predicted molar refractivity (Wildman–Crippen MR) is 70.4 cm³/mol. The highest BCUT2D eigenvalue weighted by atomic mass is 16.6. The molecule has 0 aromatic heterocycles. The van der Waals surface area contributed by atoms with E-state index in [1.807, 2.05) is 34.6 Å². The van der Waals surface area contributed by atoms with Gasteiger partial charge in [0, 0.05) is 6.54 Å². The second-order valence-electron chi connectivity index (χ2n) is 5.96. The molecular weight excluding hydrogens is 230 g/mol. The first kappa shape index (κ1) is 14.7. The van der Waals surface area contributed by atoms with Crippen LogP contribution in [0.2, 0.25) is 0 Å². The quantitative estimate of drug-likeness (QED) is 0.711. The van der Waals surface area contributed by atoms with Gasteiger partial charge in [-0.25, -0.2) is 4.79 Å². The van der Waals surface area contributed by atoms with E-state index >= 15 is 0 Å². The van der Waals surface area contributed by atoms with E-state index in [1.54, 1.807) is 11.0 Å². The Morgan fingerprint density at radius 1 is 1.28 bits per heavy atom. The van der Waals surface area contributed by atoms with E-state index in [-0.39, 0.29) is 17.9 Å². The molecule has 1 saturated heterocycles. The maximum absolute atomic E-state index is 12.0. The summed E-state index contributed by atoms with van der Waals surface area (Å²) in [5.74, 6) is -0.00152. The van der Waals surface area contributed by atoms with Crippen molar-refractivity contribution in [2.45, 2.75) is 59.1 Å². The second-order valence-corrected chi connectivity index (χ2v) is 5.96. The number of carbonyl (C=O) groups is 2. The van der Waals surface area contributed by atoms with Crippen molar-refractivity contribution in [3.63, 3.8) is 0 Å². The first-order chi connectivity index (χ1) is 8.20. The Bertz CT molecular complexity index is 362. The third kappa shape index (κ3) is 4.17. The van der Waals surface area contributed by atoms with Crippen LogP contribution in [0.1, 0.15) is 47.5 Å². The van der Waals surface area contributed by atoms with Crippen LogP contribution in [-0.2, 0) is 9.53 Å². The maximum Gasteiger partial charge on any atom is 0.410 e. The van der Waals surface area contributed by atoms with Crippen LogP contribution in [0.15, 0.2) is 11.6 Å². The van der Waals surface area contributed by atoms with Gasteiger partial charge >= 0.3 is 6.09 Å². The highest BCUT2D eigenvalue weighted by Crippen LogP contribution is 2.22. The zero-order chi connectivity index (χ0) is 13.9. The number of allylic oxidation sites excluding steroid dienone is 1. The van der Waals surface area contributed by atoms with Gasteiger partial charge in [-0.2, -0.15) is 0 Å². The van der Waals surface area contributed by atoms with Gasteiger partial charge in [-0.3, -0.25) is 9.69 Å². The summed E-state index contributed by atoms with van der Waals surface area (Å²) in [6, 6.07) is -0.352. The third-order valence-electron chi connectivity index (χ3n) is 2.64.